The molecular weight excluding hydrogens is 226 g/mol. The van der Waals surface area contributed by atoms with Crippen LogP contribution in [0.25, 0.3) is 6.08 Å². The van der Waals surface area contributed by atoms with Crippen LogP contribution in [0.3, 0.4) is 0 Å². The van der Waals surface area contributed by atoms with Crippen molar-refractivity contribution in [2.75, 3.05) is 7.05 Å². The minimum absolute atomic E-state index is 0.324. The molecule has 0 saturated carbocycles. The molecule has 18 heavy (non-hydrogen) atoms. The summed E-state index contributed by atoms with van der Waals surface area (Å²) in [6.45, 7) is 8.25. The zero-order valence-electron chi connectivity index (χ0n) is 11.6. The van der Waals surface area contributed by atoms with Crippen molar-refractivity contribution in [2.45, 2.75) is 27.7 Å². The van der Waals surface area contributed by atoms with Crippen LogP contribution in [0.15, 0.2) is 11.8 Å². The predicted molar refractivity (Wildman–Crippen MR) is 74.8 cm³/mol. The third-order valence-corrected chi connectivity index (χ3v) is 3.36. The molecule has 0 unspecified atom stereocenters. The highest BCUT2D eigenvalue weighted by atomic mass is 16.2. The zero-order valence-corrected chi connectivity index (χ0v) is 11.6. The molecule has 4 nitrogen and oxygen atoms in total. The van der Waals surface area contributed by atoms with Crippen molar-refractivity contribution in [1.29, 1.82) is 0 Å². The summed E-state index contributed by atoms with van der Waals surface area (Å²) in [7, 11) is 1.70. The Labute approximate surface area is 108 Å². The molecule has 1 rings (SSSR count). The second-order valence-electron chi connectivity index (χ2n) is 4.46. The molecule has 0 saturated heterocycles. The lowest BCUT2D eigenvalue weighted by molar-refractivity contribution is -0.117. The van der Waals surface area contributed by atoms with Gasteiger partial charge in [-0.1, -0.05) is 6.07 Å². The minimum atomic E-state index is -0.324. The molecule has 98 valence electrons. The first-order chi connectivity index (χ1) is 8.42. The van der Waals surface area contributed by atoms with Gasteiger partial charge in [0.2, 0.25) is 0 Å². The smallest absolute Gasteiger partial charge is 0.281 e. The fourth-order valence-corrected chi connectivity index (χ4v) is 1.94. The monoisotopic (exact) mass is 247 g/mol. The highest BCUT2D eigenvalue weighted by molar-refractivity contribution is 5.97. The molecule has 4 N–H and O–H groups in total. The van der Waals surface area contributed by atoms with Crippen LogP contribution in [0.2, 0.25) is 0 Å². The van der Waals surface area contributed by atoms with Crippen LogP contribution < -0.4 is 16.6 Å². The summed E-state index contributed by atoms with van der Waals surface area (Å²) in [5.74, 6) is 4.83. The van der Waals surface area contributed by atoms with Crippen LogP contribution in [-0.2, 0) is 4.79 Å². The van der Waals surface area contributed by atoms with Gasteiger partial charge in [0.1, 0.15) is 5.70 Å². The summed E-state index contributed by atoms with van der Waals surface area (Å²) >= 11 is 0. The number of hydrazine groups is 1. The number of aryl methyl sites for hydroxylation is 2. The van der Waals surface area contributed by atoms with Gasteiger partial charge in [0.15, 0.2) is 0 Å². The van der Waals surface area contributed by atoms with Crippen molar-refractivity contribution in [3.05, 3.63) is 39.6 Å². The Morgan fingerprint density at radius 1 is 1.17 bits per heavy atom. The van der Waals surface area contributed by atoms with Gasteiger partial charge in [-0.3, -0.25) is 10.2 Å². The number of hydrogen-bond donors (Lipinski definition) is 3. The Bertz CT molecular complexity index is 478. The van der Waals surface area contributed by atoms with Crippen LogP contribution in [-0.4, -0.2) is 13.0 Å². The van der Waals surface area contributed by atoms with Gasteiger partial charge in [-0.2, -0.15) is 0 Å². The maximum atomic E-state index is 11.6. The minimum Gasteiger partial charge on any atom is -0.384 e. The Morgan fingerprint density at radius 2 is 1.67 bits per heavy atom. The maximum Gasteiger partial charge on any atom is 0.281 e. The molecule has 0 aliphatic carbocycles. The normalized spacial score (nSPS) is 11.3. The lowest BCUT2D eigenvalue weighted by atomic mass is 9.93. The average Bonchev–Trinajstić information content (AvgIpc) is 2.36. The van der Waals surface area contributed by atoms with E-state index >= 15 is 0 Å². The van der Waals surface area contributed by atoms with E-state index in [2.05, 4.69) is 44.5 Å². The van der Waals surface area contributed by atoms with E-state index in [1.807, 2.05) is 6.08 Å². The van der Waals surface area contributed by atoms with E-state index in [1.54, 1.807) is 7.05 Å². The fraction of sp³-hybridized carbons (Fsp3) is 0.357. The summed E-state index contributed by atoms with van der Waals surface area (Å²) in [5, 5.41) is 2.86. The van der Waals surface area contributed by atoms with Gasteiger partial charge in [0.25, 0.3) is 5.91 Å². The second-order valence-corrected chi connectivity index (χ2v) is 4.46. The lowest BCUT2D eigenvalue weighted by Crippen LogP contribution is -2.35. The molecule has 0 bridgehead atoms. The fourth-order valence-electron chi connectivity index (χ4n) is 1.94. The zero-order chi connectivity index (χ0) is 13.9. The number of hydrogen-bond acceptors (Lipinski definition) is 3. The van der Waals surface area contributed by atoms with E-state index in [0.717, 1.165) is 5.56 Å². The number of carbonyl (C=O) groups excluding carboxylic acids is 1. The number of carbonyl (C=O) groups is 1. The molecule has 1 amide bonds. The number of amides is 1. The van der Waals surface area contributed by atoms with E-state index < -0.39 is 0 Å². The van der Waals surface area contributed by atoms with Crippen molar-refractivity contribution >= 4 is 12.0 Å². The van der Waals surface area contributed by atoms with Crippen LogP contribution in [0.5, 0.6) is 0 Å². The van der Waals surface area contributed by atoms with Crippen LogP contribution in [0.4, 0.5) is 0 Å². The third-order valence-electron chi connectivity index (χ3n) is 3.36. The van der Waals surface area contributed by atoms with Gasteiger partial charge in [0.05, 0.1) is 0 Å². The van der Waals surface area contributed by atoms with Gasteiger partial charge in [0, 0.05) is 7.05 Å². The molecule has 0 aliphatic heterocycles. The maximum absolute atomic E-state index is 11.6. The molecule has 0 fully saturated rings. The van der Waals surface area contributed by atoms with E-state index in [-0.39, 0.29) is 5.91 Å². The van der Waals surface area contributed by atoms with Gasteiger partial charge in [-0.05, 0) is 61.6 Å². The Morgan fingerprint density at radius 3 is 2.06 bits per heavy atom. The molecule has 0 radical (unpaired) electrons. The highest BCUT2D eigenvalue weighted by Gasteiger charge is 2.10. The number of benzene rings is 1. The molecule has 0 aliphatic rings. The molecule has 0 heterocycles. The predicted octanol–water partition coefficient (Wildman–Crippen LogP) is 1.47. The molecule has 4 heteroatoms. The van der Waals surface area contributed by atoms with E-state index in [9.17, 15) is 4.79 Å². The first-order valence-electron chi connectivity index (χ1n) is 5.90. The standard InChI is InChI=1S/C14H21N3O/c1-8-6-9(2)11(4)12(10(8)3)7-13(16-5)14(18)17-15/h6-7,16H,15H2,1-5H3,(H,17,18)/b13-7-. The topological polar surface area (TPSA) is 67.2 Å². The van der Waals surface area contributed by atoms with Crippen LogP contribution in [0.1, 0.15) is 27.8 Å². The van der Waals surface area contributed by atoms with E-state index in [4.69, 9.17) is 5.84 Å². The van der Waals surface area contributed by atoms with E-state index in [1.165, 1.54) is 22.3 Å². The lowest BCUT2D eigenvalue weighted by Gasteiger charge is -2.14. The number of nitrogens with two attached hydrogens (primary N) is 1. The van der Waals surface area contributed by atoms with Crippen molar-refractivity contribution in [2.24, 2.45) is 5.84 Å². The van der Waals surface area contributed by atoms with E-state index in [0.29, 0.717) is 5.70 Å². The molecule has 1 aromatic rings. The van der Waals surface area contributed by atoms with Crippen LogP contribution in [0, 0.1) is 27.7 Å². The van der Waals surface area contributed by atoms with Gasteiger partial charge in [-0.15, -0.1) is 0 Å². The Kier molecular flexibility index (Phi) is 4.50. The third kappa shape index (κ3) is 2.71. The van der Waals surface area contributed by atoms with Gasteiger partial charge in [-0.25, -0.2) is 5.84 Å². The van der Waals surface area contributed by atoms with Crippen molar-refractivity contribution in [1.82, 2.24) is 10.7 Å². The Hall–Kier alpha value is -1.81. The first kappa shape index (κ1) is 14.3. The summed E-state index contributed by atoms with van der Waals surface area (Å²) in [5.41, 5.74) is 8.44. The summed E-state index contributed by atoms with van der Waals surface area (Å²) in [4.78, 5) is 11.6. The van der Waals surface area contributed by atoms with Gasteiger partial charge >= 0.3 is 0 Å². The molecule has 0 atom stereocenters. The largest absolute Gasteiger partial charge is 0.384 e. The summed E-state index contributed by atoms with van der Waals surface area (Å²) in [6, 6.07) is 2.16. The quantitative estimate of drug-likeness (QED) is 0.328. The first-order valence-corrected chi connectivity index (χ1v) is 5.90. The van der Waals surface area contributed by atoms with Crippen molar-refractivity contribution in [3.63, 3.8) is 0 Å². The molecule has 0 spiro atoms. The summed E-state index contributed by atoms with van der Waals surface area (Å²) in [6.07, 6.45) is 1.84. The number of nitrogens with one attached hydrogen (secondary N) is 2. The summed E-state index contributed by atoms with van der Waals surface area (Å²) < 4.78 is 0. The van der Waals surface area contributed by atoms with Crippen molar-refractivity contribution in [3.8, 4) is 0 Å². The molecule has 1 aromatic carbocycles. The number of likely N-dealkylation sites (N-methyl/N-ethyl adjacent to an activating group) is 1. The number of rotatable bonds is 3. The van der Waals surface area contributed by atoms with Crippen molar-refractivity contribution < 1.29 is 4.79 Å². The van der Waals surface area contributed by atoms with Gasteiger partial charge < -0.3 is 5.32 Å². The molecular formula is C14H21N3O. The molecule has 0 aromatic heterocycles. The van der Waals surface area contributed by atoms with Crippen LogP contribution >= 0.6 is 0 Å². The Balaban J connectivity index is 3.41. The average molecular weight is 247 g/mol. The highest BCUT2D eigenvalue weighted by Crippen LogP contribution is 2.23. The SMILES string of the molecule is CN/C(=C\c1c(C)c(C)cc(C)c1C)C(=O)NN. The second kappa shape index (κ2) is 5.69.